The zero-order valence-electron chi connectivity index (χ0n) is 10.9. The van der Waals surface area contributed by atoms with Crippen LogP contribution in [0.15, 0.2) is 16.8 Å². The van der Waals surface area contributed by atoms with Crippen LogP contribution in [0.4, 0.5) is 5.69 Å². The van der Waals surface area contributed by atoms with Crippen molar-refractivity contribution in [2.24, 2.45) is 0 Å². The molecule has 2 rings (SSSR count). The van der Waals surface area contributed by atoms with E-state index in [1.807, 2.05) is 13.0 Å². The van der Waals surface area contributed by atoms with Gasteiger partial charge >= 0.3 is 0 Å². The highest BCUT2D eigenvalue weighted by atomic mass is 16.5. The van der Waals surface area contributed by atoms with Crippen molar-refractivity contribution < 1.29 is 9.32 Å². The van der Waals surface area contributed by atoms with Crippen LogP contribution in [-0.4, -0.2) is 20.8 Å². The summed E-state index contributed by atoms with van der Waals surface area (Å²) in [5.41, 5.74) is 2.19. The molecule has 0 bridgehead atoms. The molecule has 1 N–H and O–H groups in total. The number of hydrogen-bond acceptors (Lipinski definition) is 4. The zero-order chi connectivity index (χ0) is 13.3. The maximum absolute atomic E-state index is 12.1. The molecule has 96 valence electrons. The van der Waals surface area contributed by atoms with Gasteiger partial charge in [-0.15, -0.1) is 0 Å². The van der Waals surface area contributed by atoms with Gasteiger partial charge in [0.05, 0.1) is 5.69 Å². The smallest absolute Gasteiger partial charge is 0.249 e. The molecule has 0 aliphatic rings. The Kier molecular flexibility index (Phi) is 3.18. The van der Waals surface area contributed by atoms with E-state index in [9.17, 15) is 4.79 Å². The van der Waals surface area contributed by atoms with Crippen LogP contribution in [0, 0.1) is 20.8 Å². The maximum Gasteiger partial charge on any atom is 0.249 e. The second kappa shape index (κ2) is 4.64. The number of anilines is 1. The minimum Gasteiger partial charge on any atom is -0.359 e. The Morgan fingerprint density at radius 3 is 2.67 bits per heavy atom. The molecule has 0 radical (unpaired) electrons. The van der Waals surface area contributed by atoms with Crippen molar-refractivity contribution in [3.05, 3.63) is 29.4 Å². The van der Waals surface area contributed by atoms with Crippen molar-refractivity contribution in [1.82, 2.24) is 14.9 Å². The van der Waals surface area contributed by atoms with Crippen LogP contribution < -0.4 is 5.32 Å². The summed E-state index contributed by atoms with van der Waals surface area (Å²) in [6, 6.07) is 1.48. The van der Waals surface area contributed by atoms with Crippen LogP contribution in [0.5, 0.6) is 0 Å². The van der Waals surface area contributed by atoms with E-state index >= 15 is 0 Å². The number of rotatable bonds is 3. The molecule has 6 heteroatoms. The highest BCUT2D eigenvalue weighted by molar-refractivity contribution is 5.94. The summed E-state index contributed by atoms with van der Waals surface area (Å²) >= 11 is 0. The van der Waals surface area contributed by atoms with Crippen molar-refractivity contribution in [3.8, 4) is 0 Å². The number of carbonyl (C=O) groups is 1. The highest BCUT2D eigenvalue weighted by Crippen LogP contribution is 2.20. The monoisotopic (exact) mass is 248 g/mol. The van der Waals surface area contributed by atoms with E-state index in [0.717, 1.165) is 5.69 Å². The van der Waals surface area contributed by atoms with Crippen molar-refractivity contribution in [1.29, 1.82) is 0 Å². The van der Waals surface area contributed by atoms with Crippen LogP contribution in [0.25, 0.3) is 0 Å². The number of nitrogens with one attached hydrogen (secondary N) is 1. The number of amides is 1. The average Bonchev–Trinajstić information content (AvgIpc) is 2.89. The first-order valence-electron chi connectivity index (χ1n) is 5.74. The van der Waals surface area contributed by atoms with Gasteiger partial charge in [-0.25, -0.2) is 0 Å². The molecule has 0 aliphatic heterocycles. The molecular weight excluding hydrogens is 232 g/mol. The molecule has 0 fully saturated rings. The predicted molar refractivity (Wildman–Crippen MR) is 66.3 cm³/mol. The summed E-state index contributed by atoms with van der Waals surface area (Å²) in [6.45, 7) is 7.22. The molecule has 1 amide bonds. The normalized spacial score (nSPS) is 12.4. The van der Waals surface area contributed by atoms with E-state index in [2.05, 4.69) is 15.6 Å². The summed E-state index contributed by atoms with van der Waals surface area (Å²) in [5.74, 6) is 0.456. The Bertz CT molecular complexity index is 551. The van der Waals surface area contributed by atoms with Gasteiger partial charge in [-0.05, 0) is 33.8 Å². The average molecular weight is 248 g/mol. The lowest BCUT2D eigenvalue weighted by molar-refractivity contribution is -0.119. The maximum atomic E-state index is 12.1. The van der Waals surface area contributed by atoms with Crippen LogP contribution in [0.1, 0.15) is 30.1 Å². The van der Waals surface area contributed by atoms with Gasteiger partial charge in [0.1, 0.15) is 17.4 Å². The highest BCUT2D eigenvalue weighted by Gasteiger charge is 2.19. The molecular formula is C12H16N4O2. The quantitative estimate of drug-likeness (QED) is 0.901. The Morgan fingerprint density at radius 2 is 2.17 bits per heavy atom. The topological polar surface area (TPSA) is 73.0 Å². The number of aromatic nitrogens is 3. The minimum atomic E-state index is -0.382. The van der Waals surface area contributed by atoms with Gasteiger partial charge in [-0.1, -0.05) is 5.16 Å². The standard InChI is InChI=1S/C12H16N4O2/c1-7-5-6-16(14-7)9(3)12(17)13-11-8(2)15-18-10(11)4/h5-6,9H,1-4H3,(H,13,17). The van der Waals surface area contributed by atoms with E-state index in [1.165, 1.54) is 0 Å². The summed E-state index contributed by atoms with van der Waals surface area (Å²) in [6.07, 6.45) is 1.78. The van der Waals surface area contributed by atoms with Crippen LogP contribution >= 0.6 is 0 Å². The molecule has 1 atom stereocenters. The summed E-state index contributed by atoms with van der Waals surface area (Å²) < 4.78 is 6.63. The summed E-state index contributed by atoms with van der Waals surface area (Å²) in [7, 11) is 0. The van der Waals surface area contributed by atoms with E-state index < -0.39 is 0 Å². The van der Waals surface area contributed by atoms with Crippen LogP contribution in [0.3, 0.4) is 0 Å². The Morgan fingerprint density at radius 1 is 1.44 bits per heavy atom. The summed E-state index contributed by atoms with van der Waals surface area (Å²) in [5, 5.41) is 10.8. The molecule has 1 unspecified atom stereocenters. The van der Waals surface area contributed by atoms with E-state index in [0.29, 0.717) is 17.1 Å². The van der Waals surface area contributed by atoms with Crippen molar-refractivity contribution in [3.63, 3.8) is 0 Å². The second-order valence-electron chi connectivity index (χ2n) is 4.30. The van der Waals surface area contributed by atoms with Gasteiger partial charge in [0.2, 0.25) is 5.91 Å². The number of nitrogens with zero attached hydrogens (tertiary/aromatic N) is 3. The molecule has 2 aromatic rings. The predicted octanol–water partition coefficient (Wildman–Crippen LogP) is 2.00. The number of carbonyl (C=O) groups excluding carboxylic acids is 1. The number of hydrogen-bond donors (Lipinski definition) is 1. The van der Waals surface area contributed by atoms with Gasteiger partial charge in [-0.3, -0.25) is 9.48 Å². The van der Waals surface area contributed by atoms with Crippen LogP contribution in [0.2, 0.25) is 0 Å². The van der Waals surface area contributed by atoms with Gasteiger partial charge in [0, 0.05) is 6.20 Å². The van der Waals surface area contributed by atoms with E-state index in [4.69, 9.17) is 4.52 Å². The minimum absolute atomic E-state index is 0.146. The lowest BCUT2D eigenvalue weighted by Gasteiger charge is -2.12. The fraction of sp³-hybridized carbons (Fsp3) is 0.417. The molecule has 0 aliphatic carbocycles. The molecule has 0 aromatic carbocycles. The SMILES string of the molecule is Cc1ccn(C(C)C(=O)Nc2c(C)noc2C)n1. The van der Waals surface area contributed by atoms with Gasteiger partial charge < -0.3 is 9.84 Å². The third-order valence-electron chi connectivity index (χ3n) is 2.80. The Balaban J connectivity index is 2.13. The lowest BCUT2D eigenvalue weighted by atomic mass is 10.2. The third-order valence-corrected chi connectivity index (χ3v) is 2.80. The molecule has 0 saturated heterocycles. The Hall–Kier alpha value is -2.11. The van der Waals surface area contributed by atoms with Gasteiger partial charge in [0.15, 0.2) is 5.76 Å². The molecule has 2 aromatic heterocycles. The second-order valence-corrected chi connectivity index (χ2v) is 4.30. The van der Waals surface area contributed by atoms with Crippen molar-refractivity contribution in [2.75, 3.05) is 5.32 Å². The van der Waals surface area contributed by atoms with Crippen molar-refractivity contribution in [2.45, 2.75) is 33.7 Å². The molecule has 18 heavy (non-hydrogen) atoms. The summed E-state index contributed by atoms with van der Waals surface area (Å²) in [4.78, 5) is 12.1. The van der Waals surface area contributed by atoms with Gasteiger partial charge in [-0.2, -0.15) is 5.10 Å². The van der Waals surface area contributed by atoms with Crippen LogP contribution in [-0.2, 0) is 4.79 Å². The fourth-order valence-electron chi connectivity index (χ4n) is 1.66. The third kappa shape index (κ3) is 2.27. The van der Waals surface area contributed by atoms with E-state index in [1.54, 1.807) is 31.6 Å². The molecule has 0 saturated carbocycles. The Labute approximate surface area is 105 Å². The lowest BCUT2D eigenvalue weighted by Crippen LogP contribution is -2.24. The largest absolute Gasteiger partial charge is 0.359 e. The number of aryl methyl sites for hydroxylation is 3. The van der Waals surface area contributed by atoms with Gasteiger partial charge in [0.25, 0.3) is 0 Å². The van der Waals surface area contributed by atoms with E-state index in [-0.39, 0.29) is 11.9 Å². The van der Waals surface area contributed by atoms with Crippen molar-refractivity contribution >= 4 is 11.6 Å². The first kappa shape index (κ1) is 12.3. The molecule has 0 spiro atoms. The first-order chi connectivity index (χ1) is 8.49. The fourth-order valence-corrected chi connectivity index (χ4v) is 1.66. The zero-order valence-corrected chi connectivity index (χ0v) is 10.9. The molecule has 6 nitrogen and oxygen atoms in total. The first-order valence-corrected chi connectivity index (χ1v) is 5.74. The molecule has 2 heterocycles.